The second-order valence-corrected chi connectivity index (χ2v) is 5.28. The Kier molecular flexibility index (Phi) is 4.68. The summed E-state index contributed by atoms with van der Waals surface area (Å²) in [6.45, 7) is 5.72. The van der Waals surface area contributed by atoms with Crippen LogP contribution in [-0.4, -0.2) is 16.0 Å². The molecule has 6 heteroatoms. The maximum absolute atomic E-state index is 13.0. The summed E-state index contributed by atoms with van der Waals surface area (Å²) >= 11 is 0. The summed E-state index contributed by atoms with van der Waals surface area (Å²) in [7, 11) is 0. The predicted octanol–water partition coefficient (Wildman–Crippen LogP) is 4.68. The van der Waals surface area contributed by atoms with Crippen molar-refractivity contribution in [2.24, 2.45) is 0 Å². The molecule has 0 saturated carbocycles. The van der Waals surface area contributed by atoms with E-state index in [1.54, 1.807) is 12.1 Å². The molecule has 0 aliphatic heterocycles. The summed E-state index contributed by atoms with van der Waals surface area (Å²) in [5.74, 6) is -0.000231. The molecule has 1 N–H and O–H groups in total. The monoisotopic (exact) mass is 309 g/mol. The van der Waals surface area contributed by atoms with Crippen molar-refractivity contribution in [3.05, 3.63) is 41.6 Å². The Hall–Kier alpha value is -2.11. The molecule has 0 saturated heterocycles. The molecule has 0 aliphatic carbocycles. The van der Waals surface area contributed by atoms with E-state index in [1.165, 1.54) is 0 Å². The van der Waals surface area contributed by atoms with Gasteiger partial charge in [-0.2, -0.15) is 13.2 Å². The molecule has 22 heavy (non-hydrogen) atoms. The Bertz CT molecular complexity index is 636. The second-order valence-electron chi connectivity index (χ2n) is 5.28. The van der Waals surface area contributed by atoms with Crippen molar-refractivity contribution in [2.45, 2.75) is 39.4 Å². The molecule has 1 atom stereocenters. The van der Waals surface area contributed by atoms with Crippen molar-refractivity contribution in [2.75, 3.05) is 5.32 Å². The van der Waals surface area contributed by atoms with Gasteiger partial charge in [-0.1, -0.05) is 36.8 Å². The number of aromatic nitrogens is 2. The van der Waals surface area contributed by atoms with Crippen molar-refractivity contribution in [1.82, 2.24) is 9.97 Å². The average molecular weight is 309 g/mol. The van der Waals surface area contributed by atoms with E-state index in [-0.39, 0.29) is 17.7 Å². The zero-order valence-electron chi connectivity index (χ0n) is 12.7. The van der Waals surface area contributed by atoms with Crippen LogP contribution >= 0.6 is 0 Å². The lowest BCUT2D eigenvalue weighted by atomic mass is 10.1. The normalized spacial score (nSPS) is 13.0. The Labute approximate surface area is 127 Å². The van der Waals surface area contributed by atoms with Gasteiger partial charge in [-0.25, -0.2) is 9.97 Å². The third-order valence-corrected chi connectivity index (χ3v) is 3.35. The van der Waals surface area contributed by atoms with Gasteiger partial charge in [0.1, 0.15) is 0 Å². The lowest BCUT2D eigenvalue weighted by Crippen LogP contribution is -2.18. The van der Waals surface area contributed by atoms with Crippen LogP contribution in [0, 0.1) is 6.92 Å². The van der Waals surface area contributed by atoms with E-state index in [9.17, 15) is 13.2 Å². The highest BCUT2D eigenvalue weighted by Gasteiger charge is 2.33. The topological polar surface area (TPSA) is 37.8 Å². The zero-order valence-corrected chi connectivity index (χ0v) is 12.7. The van der Waals surface area contributed by atoms with Gasteiger partial charge in [0, 0.05) is 11.6 Å². The molecule has 0 bridgehead atoms. The summed E-state index contributed by atoms with van der Waals surface area (Å²) in [6.07, 6.45) is -3.74. The fourth-order valence-electron chi connectivity index (χ4n) is 1.85. The Morgan fingerprint density at radius 1 is 1.14 bits per heavy atom. The summed E-state index contributed by atoms with van der Waals surface area (Å²) in [4.78, 5) is 7.80. The summed E-state index contributed by atoms with van der Waals surface area (Å²) in [5, 5.41) is 2.90. The summed E-state index contributed by atoms with van der Waals surface area (Å²) < 4.78 is 39.1. The number of hydrogen-bond acceptors (Lipinski definition) is 3. The number of rotatable bonds is 4. The average Bonchev–Trinajstić information content (AvgIpc) is 2.46. The molecule has 1 aromatic carbocycles. The van der Waals surface area contributed by atoms with E-state index in [1.807, 2.05) is 32.9 Å². The van der Waals surface area contributed by atoms with Gasteiger partial charge in [0.2, 0.25) is 5.95 Å². The van der Waals surface area contributed by atoms with Crippen LogP contribution in [0.4, 0.5) is 19.1 Å². The lowest BCUT2D eigenvalue weighted by Gasteiger charge is -2.15. The molecule has 2 aromatic rings. The highest BCUT2D eigenvalue weighted by atomic mass is 19.4. The first-order chi connectivity index (χ1) is 10.3. The SMILES string of the molecule is CCC(C)Nc1nc(-c2ccc(C)cc2)cc(C(F)(F)F)n1. The van der Waals surface area contributed by atoms with Gasteiger partial charge in [-0.3, -0.25) is 0 Å². The van der Waals surface area contributed by atoms with E-state index in [0.29, 0.717) is 5.56 Å². The van der Waals surface area contributed by atoms with E-state index < -0.39 is 11.9 Å². The first-order valence-corrected chi connectivity index (χ1v) is 7.09. The van der Waals surface area contributed by atoms with Crippen LogP contribution in [-0.2, 0) is 6.18 Å². The molecular formula is C16H18F3N3. The molecule has 2 rings (SSSR count). The zero-order chi connectivity index (χ0) is 16.3. The molecular weight excluding hydrogens is 291 g/mol. The van der Waals surface area contributed by atoms with Crippen molar-refractivity contribution in [1.29, 1.82) is 0 Å². The number of anilines is 1. The quantitative estimate of drug-likeness (QED) is 0.891. The third-order valence-electron chi connectivity index (χ3n) is 3.35. The van der Waals surface area contributed by atoms with Crippen LogP contribution in [0.15, 0.2) is 30.3 Å². The van der Waals surface area contributed by atoms with Gasteiger partial charge in [-0.05, 0) is 26.3 Å². The van der Waals surface area contributed by atoms with Gasteiger partial charge < -0.3 is 5.32 Å². The minimum Gasteiger partial charge on any atom is -0.352 e. The van der Waals surface area contributed by atoms with Crippen LogP contribution in [0.1, 0.15) is 31.5 Å². The smallest absolute Gasteiger partial charge is 0.352 e. The highest BCUT2D eigenvalue weighted by Crippen LogP contribution is 2.31. The van der Waals surface area contributed by atoms with Gasteiger partial charge in [-0.15, -0.1) is 0 Å². The van der Waals surface area contributed by atoms with E-state index in [2.05, 4.69) is 15.3 Å². The lowest BCUT2D eigenvalue weighted by molar-refractivity contribution is -0.141. The fourth-order valence-corrected chi connectivity index (χ4v) is 1.85. The summed E-state index contributed by atoms with van der Waals surface area (Å²) in [6, 6.07) is 8.16. The molecule has 118 valence electrons. The number of hydrogen-bond donors (Lipinski definition) is 1. The van der Waals surface area contributed by atoms with Gasteiger partial charge >= 0.3 is 6.18 Å². The second kappa shape index (κ2) is 6.34. The van der Waals surface area contributed by atoms with Crippen molar-refractivity contribution in [3.8, 4) is 11.3 Å². The van der Waals surface area contributed by atoms with Crippen molar-refractivity contribution in [3.63, 3.8) is 0 Å². The molecule has 1 heterocycles. The predicted molar refractivity (Wildman–Crippen MR) is 80.6 cm³/mol. The maximum Gasteiger partial charge on any atom is 0.433 e. The van der Waals surface area contributed by atoms with Gasteiger partial charge in [0.15, 0.2) is 5.69 Å². The number of halogens is 3. The van der Waals surface area contributed by atoms with Crippen LogP contribution in [0.3, 0.4) is 0 Å². The fraction of sp³-hybridized carbons (Fsp3) is 0.375. The van der Waals surface area contributed by atoms with E-state index in [0.717, 1.165) is 18.1 Å². The maximum atomic E-state index is 13.0. The van der Waals surface area contributed by atoms with Crippen LogP contribution in [0.2, 0.25) is 0 Å². The van der Waals surface area contributed by atoms with Crippen molar-refractivity contribution < 1.29 is 13.2 Å². The van der Waals surface area contributed by atoms with Gasteiger partial charge in [0.05, 0.1) is 5.69 Å². The largest absolute Gasteiger partial charge is 0.433 e. The Balaban J connectivity index is 2.48. The molecule has 1 aromatic heterocycles. The Morgan fingerprint density at radius 2 is 1.77 bits per heavy atom. The van der Waals surface area contributed by atoms with E-state index in [4.69, 9.17) is 0 Å². The number of alkyl halides is 3. The summed E-state index contributed by atoms with van der Waals surface area (Å²) in [5.41, 5.74) is 0.981. The molecule has 0 aliphatic rings. The molecule has 3 nitrogen and oxygen atoms in total. The minimum absolute atomic E-state index is 0.000231. The van der Waals surface area contributed by atoms with E-state index >= 15 is 0 Å². The van der Waals surface area contributed by atoms with Gasteiger partial charge in [0.25, 0.3) is 0 Å². The first kappa shape index (κ1) is 16.3. The molecule has 1 unspecified atom stereocenters. The molecule has 0 radical (unpaired) electrons. The molecule has 0 fully saturated rings. The first-order valence-electron chi connectivity index (χ1n) is 7.09. The number of aryl methyl sites for hydroxylation is 1. The molecule has 0 amide bonds. The van der Waals surface area contributed by atoms with Crippen LogP contribution < -0.4 is 5.32 Å². The third kappa shape index (κ3) is 3.96. The highest BCUT2D eigenvalue weighted by molar-refractivity contribution is 5.61. The standard InChI is InChI=1S/C16H18F3N3/c1-4-11(3)20-15-21-13(9-14(22-15)16(17,18)19)12-7-5-10(2)6-8-12/h5-9,11H,4H2,1-3H3,(H,20,21,22). The number of nitrogens with one attached hydrogen (secondary N) is 1. The van der Waals surface area contributed by atoms with Crippen LogP contribution in [0.25, 0.3) is 11.3 Å². The molecule has 0 spiro atoms. The number of nitrogens with zero attached hydrogens (tertiary/aromatic N) is 2. The number of benzene rings is 1. The van der Waals surface area contributed by atoms with Crippen LogP contribution in [0.5, 0.6) is 0 Å². The van der Waals surface area contributed by atoms with Crippen molar-refractivity contribution >= 4 is 5.95 Å². The Morgan fingerprint density at radius 3 is 2.32 bits per heavy atom. The minimum atomic E-state index is -4.51.